The Labute approximate surface area is 94.4 Å². The molecule has 1 aliphatic carbocycles. The van der Waals surface area contributed by atoms with Crippen LogP contribution in [0.4, 0.5) is 4.79 Å². The predicted octanol–water partition coefficient (Wildman–Crippen LogP) is 1.62. The number of ether oxygens (including phenoxy) is 1. The van der Waals surface area contributed by atoms with Gasteiger partial charge in [0.2, 0.25) is 0 Å². The molecule has 2 rings (SSSR count). The lowest BCUT2D eigenvalue weighted by Gasteiger charge is -2.41. The van der Waals surface area contributed by atoms with Crippen molar-refractivity contribution in [3.63, 3.8) is 0 Å². The highest BCUT2D eigenvalue weighted by molar-refractivity contribution is 5.73. The molecule has 0 aromatic heterocycles. The number of amides is 1. The van der Waals surface area contributed by atoms with Gasteiger partial charge in [-0.15, -0.1) is 0 Å². The number of hydrogen-bond acceptors (Lipinski definition) is 3. The maximum Gasteiger partial charge on any atom is 0.410 e. The Kier molecular flexibility index (Phi) is 3.03. The summed E-state index contributed by atoms with van der Waals surface area (Å²) in [6, 6.07) is 0. The van der Waals surface area contributed by atoms with Crippen LogP contribution >= 0.6 is 0 Å². The second-order valence-corrected chi connectivity index (χ2v) is 4.62. The number of rotatable bonds is 3. The maximum absolute atomic E-state index is 11.7. The number of hydrogen-bond donors (Lipinski definition) is 1. The van der Waals surface area contributed by atoms with Crippen LogP contribution in [-0.4, -0.2) is 40.8 Å². The van der Waals surface area contributed by atoms with E-state index < -0.39 is 11.5 Å². The molecule has 5 nitrogen and oxygen atoms in total. The largest absolute Gasteiger partial charge is 0.481 e. The zero-order chi connectivity index (χ0) is 11.6. The average molecular weight is 227 g/mol. The first kappa shape index (κ1) is 11.2. The van der Waals surface area contributed by atoms with Crippen LogP contribution < -0.4 is 0 Å². The minimum atomic E-state index is -0.833. The van der Waals surface area contributed by atoms with Gasteiger partial charge in [-0.1, -0.05) is 12.8 Å². The van der Waals surface area contributed by atoms with Crippen LogP contribution in [0.3, 0.4) is 0 Å². The third-order valence-corrected chi connectivity index (χ3v) is 3.56. The summed E-state index contributed by atoms with van der Waals surface area (Å²) in [7, 11) is 0. The molecule has 5 heteroatoms. The van der Waals surface area contributed by atoms with Crippen LogP contribution in [0, 0.1) is 0 Å². The van der Waals surface area contributed by atoms with Gasteiger partial charge < -0.3 is 14.7 Å². The van der Waals surface area contributed by atoms with E-state index >= 15 is 0 Å². The van der Waals surface area contributed by atoms with E-state index in [-0.39, 0.29) is 12.5 Å². The fraction of sp³-hybridized carbons (Fsp3) is 0.818. The molecular formula is C11H17NO4. The molecule has 90 valence electrons. The lowest BCUT2D eigenvalue weighted by Crippen LogP contribution is -2.54. The van der Waals surface area contributed by atoms with Crippen molar-refractivity contribution in [2.24, 2.45) is 0 Å². The molecule has 0 unspecified atom stereocenters. The summed E-state index contributed by atoms with van der Waals surface area (Å²) in [5, 5.41) is 8.98. The highest BCUT2D eigenvalue weighted by Crippen LogP contribution is 2.39. The normalized spacial score (nSPS) is 24.2. The molecule has 1 heterocycles. The van der Waals surface area contributed by atoms with E-state index in [2.05, 4.69) is 0 Å². The van der Waals surface area contributed by atoms with Gasteiger partial charge in [0, 0.05) is 6.54 Å². The van der Waals surface area contributed by atoms with Crippen molar-refractivity contribution in [2.45, 2.75) is 44.1 Å². The van der Waals surface area contributed by atoms with E-state index in [0.29, 0.717) is 13.2 Å². The van der Waals surface area contributed by atoms with Gasteiger partial charge in [-0.05, 0) is 19.3 Å². The van der Waals surface area contributed by atoms with Gasteiger partial charge in [0.1, 0.15) is 0 Å². The molecule has 1 N–H and O–H groups in total. The minimum absolute atomic E-state index is 0.0437. The fourth-order valence-electron chi connectivity index (χ4n) is 2.84. The van der Waals surface area contributed by atoms with Crippen molar-refractivity contribution in [1.82, 2.24) is 4.90 Å². The van der Waals surface area contributed by atoms with Crippen molar-refractivity contribution >= 4 is 12.1 Å². The highest BCUT2D eigenvalue weighted by Gasteiger charge is 2.45. The molecule has 1 aliphatic heterocycles. The Hall–Kier alpha value is -1.26. The smallest absolute Gasteiger partial charge is 0.410 e. The molecule has 2 aliphatic rings. The molecule has 0 aromatic carbocycles. The van der Waals surface area contributed by atoms with Crippen molar-refractivity contribution in [3.8, 4) is 0 Å². The predicted molar refractivity (Wildman–Crippen MR) is 56.1 cm³/mol. The first-order chi connectivity index (χ1) is 7.64. The summed E-state index contributed by atoms with van der Waals surface area (Å²) in [4.78, 5) is 24.3. The van der Waals surface area contributed by atoms with Gasteiger partial charge in [-0.2, -0.15) is 0 Å². The second-order valence-electron chi connectivity index (χ2n) is 4.62. The number of carbonyl (C=O) groups excluding carboxylic acids is 1. The Morgan fingerprint density at radius 3 is 2.62 bits per heavy atom. The molecule has 0 bridgehead atoms. The van der Waals surface area contributed by atoms with Crippen molar-refractivity contribution in [1.29, 1.82) is 0 Å². The van der Waals surface area contributed by atoms with E-state index in [0.717, 1.165) is 32.1 Å². The highest BCUT2D eigenvalue weighted by atomic mass is 16.6. The molecule has 1 amide bonds. The van der Waals surface area contributed by atoms with Crippen LogP contribution in [-0.2, 0) is 9.53 Å². The summed E-state index contributed by atoms with van der Waals surface area (Å²) in [5.74, 6) is -0.833. The zero-order valence-corrected chi connectivity index (χ0v) is 9.28. The first-order valence-electron chi connectivity index (χ1n) is 5.80. The van der Waals surface area contributed by atoms with Crippen LogP contribution in [0.2, 0.25) is 0 Å². The van der Waals surface area contributed by atoms with Gasteiger partial charge >= 0.3 is 12.1 Å². The molecule has 0 aromatic rings. The van der Waals surface area contributed by atoms with Crippen molar-refractivity contribution in [2.75, 3.05) is 13.2 Å². The number of aliphatic carboxylic acids is 1. The number of carbonyl (C=O) groups is 2. The minimum Gasteiger partial charge on any atom is -0.481 e. The third-order valence-electron chi connectivity index (χ3n) is 3.56. The Balaban J connectivity index is 2.17. The second kappa shape index (κ2) is 4.31. The van der Waals surface area contributed by atoms with E-state index in [1.807, 2.05) is 0 Å². The SMILES string of the molecule is O=C(O)CC1(N2CCCOC2=O)CCCC1. The van der Waals surface area contributed by atoms with Crippen molar-refractivity contribution < 1.29 is 19.4 Å². The number of cyclic esters (lactones) is 1. The topological polar surface area (TPSA) is 66.8 Å². The van der Waals surface area contributed by atoms with Gasteiger partial charge in [0.05, 0.1) is 18.6 Å². The van der Waals surface area contributed by atoms with Crippen LogP contribution in [0.25, 0.3) is 0 Å². The van der Waals surface area contributed by atoms with Gasteiger partial charge in [0.25, 0.3) is 0 Å². The lowest BCUT2D eigenvalue weighted by molar-refractivity contribution is -0.140. The van der Waals surface area contributed by atoms with Crippen molar-refractivity contribution in [3.05, 3.63) is 0 Å². The fourth-order valence-corrected chi connectivity index (χ4v) is 2.84. The third kappa shape index (κ3) is 1.99. The van der Waals surface area contributed by atoms with E-state index in [1.165, 1.54) is 0 Å². The van der Waals surface area contributed by atoms with Crippen LogP contribution in [0.5, 0.6) is 0 Å². The molecule has 0 radical (unpaired) electrons. The number of carboxylic acid groups (broad SMARTS) is 1. The van der Waals surface area contributed by atoms with E-state index in [1.54, 1.807) is 4.90 Å². The quantitative estimate of drug-likeness (QED) is 0.795. The molecule has 1 saturated carbocycles. The van der Waals surface area contributed by atoms with E-state index in [4.69, 9.17) is 9.84 Å². The Bertz CT molecular complexity index is 296. The summed E-state index contributed by atoms with van der Waals surface area (Å²) >= 11 is 0. The summed E-state index contributed by atoms with van der Waals surface area (Å²) in [6.07, 6.45) is 4.07. The first-order valence-corrected chi connectivity index (χ1v) is 5.80. The molecule has 1 saturated heterocycles. The molecular weight excluding hydrogens is 210 g/mol. The Morgan fingerprint density at radius 1 is 1.38 bits per heavy atom. The van der Waals surface area contributed by atoms with Gasteiger partial charge in [-0.3, -0.25) is 4.79 Å². The standard InChI is InChI=1S/C11H17NO4/c13-9(14)8-11(4-1-2-5-11)12-6-3-7-16-10(12)15/h1-8H2,(H,13,14). The molecule has 0 spiro atoms. The van der Waals surface area contributed by atoms with E-state index in [9.17, 15) is 9.59 Å². The number of nitrogens with zero attached hydrogens (tertiary/aromatic N) is 1. The van der Waals surface area contributed by atoms with Gasteiger partial charge in [0.15, 0.2) is 0 Å². The maximum atomic E-state index is 11.7. The van der Waals surface area contributed by atoms with Crippen LogP contribution in [0.15, 0.2) is 0 Å². The average Bonchev–Trinajstić information content (AvgIpc) is 2.67. The zero-order valence-electron chi connectivity index (χ0n) is 9.28. The van der Waals surface area contributed by atoms with Crippen LogP contribution in [0.1, 0.15) is 38.5 Å². The summed E-state index contributed by atoms with van der Waals surface area (Å²) in [6.45, 7) is 1.09. The lowest BCUT2D eigenvalue weighted by atomic mass is 9.90. The molecule has 0 atom stereocenters. The van der Waals surface area contributed by atoms with Gasteiger partial charge in [-0.25, -0.2) is 4.79 Å². The molecule has 2 fully saturated rings. The number of carboxylic acids is 1. The summed E-state index contributed by atoms with van der Waals surface area (Å²) in [5.41, 5.74) is -0.483. The Morgan fingerprint density at radius 2 is 2.06 bits per heavy atom. The monoisotopic (exact) mass is 227 g/mol. The summed E-state index contributed by atoms with van der Waals surface area (Å²) < 4.78 is 5.00. The molecule has 16 heavy (non-hydrogen) atoms.